The number of anilines is 6. The molecule has 0 amide bonds. The molecule has 0 aromatic heterocycles. The van der Waals surface area contributed by atoms with Crippen molar-refractivity contribution in [3.63, 3.8) is 0 Å². The van der Waals surface area contributed by atoms with Gasteiger partial charge in [0.2, 0.25) is 0 Å². The van der Waals surface area contributed by atoms with E-state index in [1.165, 1.54) is 35.4 Å². The lowest BCUT2D eigenvalue weighted by atomic mass is 9.79. The van der Waals surface area contributed by atoms with Crippen molar-refractivity contribution in [1.29, 1.82) is 0 Å². The van der Waals surface area contributed by atoms with E-state index >= 15 is 0 Å². The van der Waals surface area contributed by atoms with Crippen LogP contribution in [0.4, 0.5) is 60.5 Å². The highest BCUT2D eigenvalue weighted by Gasteiger charge is 2.43. The van der Waals surface area contributed by atoms with Gasteiger partial charge in [-0.2, -0.15) is 26.3 Å². The van der Waals surface area contributed by atoms with Crippen molar-refractivity contribution in [2.45, 2.75) is 57.8 Å². The number of rotatable bonds is 6. The number of alkyl halides is 6. The van der Waals surface area contributed by atoms with Gasteiger partial charge in [-0.1, -0.05) is 70.2 Å². The Balaban J connectivity index is 1.13. The molecule has 2 aliphatic carbocycles. The Morgan fingerprint density at radius 1 is 0.373 bits per heavy atom. The lowest BCUT2D eigenvalue weighted by Gasteiger charge is -2.29. The fraction of sp³-hybridized carbons (Fsp3) is 0.176. The van der Waals surface area contributed by atoms with E-state index in [9.17, 15) is 26.3 Å². The van der Waals surface area contributed by atoms with Gasteiger partial charge in [0.25, 0.3) is 0 Å². The normalized spacial score (nSPS) is 14.6. The lowest BCUT2D eigenvalue weighted by molar-refractivity contribution is -0.138. The number of hydrogen-bond acceptors (Lipinski definition) is 2. The fourth-order valence-corrected chi connectivity index (χ4v) is 9.17. The highest BCUT2D eigenvalue weighted by molar-refractivity contribution is 5.93. The highest BCUT2D eigenvalue weighted by Crippen LogP contribution is 2.58. The van der Waals surface area contributed by atoms with E-state index in [1.54, 1.807) is 0 Å². The van der Waals surface area contributed by atoms with Gasteiger partial charge in [0.15, 0.2) is 0 Å². The molecule has 7 aromatic carbocycles. The summed E-state index contributed by atoms with van der Waals surface area (Å²) in [5.41, 5.74) is 12.7. The van der Waals surface area contributed by atoms with Crippen molar-refractivity contribution in [2.24, 2.45) is 0 Å². The van der Waals surface area contributed by atoms with Gasteiger partial charge >= 0.3 is 12.4 Å². The van der Waals surface area contributed by atoms with E-state index in [-0.39, 0.29) is 0 Å². The SMILES string of the molecule is Cc1cc(N(c2ccccc2)c2ccc(C(F)(F)F)cc2)cc2c1-c1cc3c(cc1C2(C)C)-c1ccc(N(c2ccccc2)c2ccc(C(F)(F)F)cc2)cc1C3(C)C. The van der Waals surface area contributed by atoms with E-state index in [0.29, 0.717) is 11.4 Å². The maximum absolute atomic E-state index is 13.6. The average Bonchev–Trinajstić information content (AvgIpc) is 3.56. The molecule has 2 nitrogen and oxygen atoms in total. The smallest absolute Gasteiger partial charge is 0.310 e. The lowest BCUT2D eigenvalue weighted by Crippen LogP contribution is -2.18. The van der Waals surface area contributed by atoms with Crippen molar-refractivity contribution < 1.29 is 26.3 Å². The van der Waals surface area contributed by atoms with Crippen molar-refractivity contribution in [3.8, 4) is 22.3 Å². The molecule has 0 saturated heterocycles. The number of hydrogen-bond donors (Lipinski definition) is 0. The van der Waals surface area contributed by atoms with Crippen molar-refractivity contribution in [3.05, 3.63) is 191 Å². The molecular formula is C51H40F6N2. The van der Waals surface area contributed by atoms with E-state index in [0.717, 1.165) is 86.0 Å². The van der Waals surface area contributed by atoms with Crippen LogP contribution in [0.3, 0.4) is 0 Å². The van der Waals surface area contributed by atoms with Crippen LogP contribution < -0.4 is 9.80 Å². The molecule has 0 unspecified atom stereocenters. The number of nitrogens with zero attached hydrogens (tertiary/aromatic N) is 2. The van der Waals surface area contributed by atoms with Crippen LogP contribution in [0.25, 0.3) is 22.3 Å². The minimum Gasteiger partial charge on any atom is -0.310 e. The number of fused-ring (bicyclic) bond motifs is 6. The van der Waals surface area contributed by atoms with Crippen LogP contribution in [0.2, 0.25) is 0 Å². The Kier molecular flexibility index (Phi) is 8.67. The molecule has 9 rings (SSSR count). The molecule has 0 N–H and O–H groups in total. The van der Waals surface area contributed by atoms with Gasteiger partial charge in [0.05, 0.1) is 11.1 Å². The number of benzene rings is 7. The van der Waals surface area contributed by atoms with Crippen LogP contribution in [-0.4, -0.2) is 0 Å². The van der Waals surface area contributed by atoms with Gasteiger partial charge in [-0.25, -0.2) is 0 Å². The maximum atomic E-state index is 13.6. The molecule has 0 radical (unpaired) electrons. The molecule has 0 saturated carbocycles. The number of para-hydroxylation sites is 2. The van der Waals surface area contributed by atoms with Gasteiger partial charge in [0.1, 0.15) is 0 Å². The Bertz CT molecular complexity index is 2730. The molecule has 296 valence electrons. The van der Waals surface area contributed by atoms with Crippen LogP contribution in [0.5, 0.6) is 0 Å². The van der Waals surface area contributed by atoms with Crippen LogP contribution >= 0.6 is 0 Å². The third-order valence-corrected chi connectivity index (χ3v) is 12.2. The Morgan fingerprint density at radius 3 is 1.27 bits per heavy atom. The van der Waals surface area contributed by atoms with E-state index in [4.69, 9.17) is 0 Å². The standard InChI is InChI=1S/C51H40F6N2/c1-31-26-39(59(35-14-10-7-11-15-35)37-22-18-33(19-23-37)51(55,56)57)28-46-47(31)42-30-44-41(29-45(42)49(46,4)5)40-25-24-38(27-43(40)48(44,2)3)58(34-12-8-6-9-13-34)36-20-16-32(17-21-36)50(52,53)54/h6-30H,1-5H3. The van der Waals surface area contributed by atoms with Crippen LogP contribution in [0.15, 0.2) is 152 Å². The molecule has 2 aliphatic rings. The predicted molar refractivity (Wildman–Crippen MR) is 226 cm³/mol. The zero-order valence-electron chi connectivity index (χ0n) is 33.1. The zero-order chi connectivity index (χ0) is 41.6. The van der Waals surface area contributed by atoms with Gasteiger partial charge < -0.3 is 9.80 Å². The van der Waals surface area contributed by atoms with E-state index in [1.807, 2.05) is 76.5 Å². The number of aryl methyl sites for hydroxylation is 1. The summed E-state index contributed by atoms with van der Waals surface area (Å²) < 4.78 is 81.4. The van der Waals surface area contributed by atoms with Crippen LogP contribution in [-0.2, 0) is 23.2 Å². The van der Waals surface area contributed by atoms with Gasteiger partial charge in [-0.05, 0) is 166 Å². The highest BCUT2D eigenvalue weighted by atomic mass is 19.4. The largest absolute Gasteiger partial charge is 0.416 e. The summed E-state index contributed by atoms with van der Waals surface area (Å²) in [6, 6.07) is 45.2. The fourth-order valence-electron chi connectivity index (χ4n) is 9.17. The average molecular weight is 795 g/mol. The monoisotopic (exact) mass is 794 g/mol. The van der Waals surface area contributed by atoms with Gasteiger partial charge in [-0.15, -0.1) is 0 Å². The zero-order valence-corrected chi connectivity index (χ0v) is 33.1. The van der Waals surface area contributed by atoms with Crippen molar-refractivity contribution in [2.75, 3.05) is 9.80 Å². The minimum absolute atomic E-state index is 0.411. The summed E-state index contributed by atoms with van der Waals surface area (Å²) >= 11 is 0. The first-order chi connectivity index (χ1) is 27.9. The minimum atomic E-state index is -4.44. The third-order valence-electron chi connectivity index (χ3n) is 12.2. The molecule has 8 heteroatoms. The quantitative estimate of drug-likeness (QED) is 0.155. The van der Waals surface area contributed by atoms with Gasteiger partial charge in [-0.3, -0.25) is 0 Å². The summed E-state index contributed by atoms with van der Waals surface area (Å²) in [7, 11) is 0. The summed E-state index contributed by atoms with van der Waals surface area (Å²) in [4.78, 5) is 4.00. The number of halogens is 6. The molecule has 0 bridgehead atoms. The molecular weight excluding hydrogens is 755 g/mol. The molecule has 59 heavy (non-hydrogen) atoms. The predicted octanol–water partition coefficient (Wildman–Crippen LogP) is 15.6. The molecule has 0 spiro atoms. The summed E-state index contributed by atoms with van der Waals surface area (Å²) in [5, 5.41) is 0. The summed E-state index contributed by atoms with van der Waals surface area (Å²) in [6.07, 6.45) is -8.88. The molecule has 0 heterocycles. The first kappa shape index (κ1) is 38.2. The summed E-state index contributed by atoms with van der Waals surface area (Å²) in [5.74, 6) is 0. The summed E-state index contributed by atoms with van der Waals surface area (Å²) in [6.45, 7) is 11.0. The third kappa shape index (κ3) is 6.28. The Labute approximate surface area is 340 Å². The van der Waals surface area contributed by atoms with Crippen molar-refractivity contribution >= 4 is 34.1 Å². The molecule has 7 aromatic rings. The molecule has 0 aliphatic heterocycles. The van der Waals surface area contributed by atoms with Gasteiger partial charge in [0, 0.05) is 45.0 Å². The molecule has 0 fully saturated rings. The molecule has 0 atom stereocenters. The van der Waals surface area contributed by atoms with Crippen molar-refractivity contribution in [1.82, 2.24) is 0 Å². The maximum Gasteiger partial charge on any atom is 0.416 e. The van der Waals surface area contributed by atoms with Crippen LogP contribution in [0.1, 0.15) is 66.6 Å². The first-order valence-corrected chi connectivity index (χ1v) is 19.5. The second-order valence-electron chi connectivity index (χ2n) is 16.5. The second kappa shape index (κ2) is 13.4. The van der Waals surface area contributed by atoms with E-state index < -0.39 is 34.3 Å². The Morgan fingerprint density at radius 2 is 0.763 bits per heavy atom. The van der Waals surface area contributed by atoms with Crippen LogP contribution in [0, 0.1) is 6.92 Å². The van der Waals surface area contributed by atoms with E-state index in [2.05, 4.69) is 71.0 Å². The first-order valence-electron chi connectivity index (χ1n) is 19.5. The Hall–Kier alpha value is -6.28. The second-order valence-corrected chi connectivity index (χ2v) is 16.5. The topological polar surface area (TPSA) is 6.48 Å².